The first-order chi connectivity index (χ1) is 14.0. The Kier molecular flexibility index (Phi) is 10.6. The highest BCUT2D eigenvalue weighted by Crippen LogP contribution is 2.23. The van der Waals surface area contributed by atoms with E-state index in [0.29, 0.717) is 18.0 Å². The first kappa shape index (κ1) is 25.6. The van der Waals surface area contributed by atoms with E-state index >= 15 is 0 Å². The second kappa shape index (κ2) is 12.4. The predicted octanol–water partition coefficient (Wildman–Crippen LogP) is 3.23. The molecule has 8 heteroatoms. The van der Waals surface area contributed by atoms with Crippen LogP contribution in [0.25, 0.3) is 0 Å². The summed E-state index contributed by atoms with van der Waals surface area (Å²) >= 11 is 6.11. The smallest absolute Gasteiger partial charge is 0.191 e. The minimum absolute atomic E-state index is 0. The molecule has 3 unspecified atom stereocenters. The van der Waals surface area contributed by atoms with E-state index in [0.717, 1.165) is 56.9 Å². The maximum atomic E-state index is 6.11. The van der Waals surface area contributed by atoms with Crippen LogP contribution in [0, 0.1) is 5.92 Å². The fourth-order valence-electron chi connectivity index (χ4n) is 4.21. The van der Waals surface area contributed by atoms with Crippen LogP contribution in [0.5, 0.6) is 0 Å². The summed E-state index contributed by atoms with van der Waals surface area (Å²) in [6.07, 6.45) is 0. The molecule has 0 radical (unpaired) electrons. The normalized spacial score (nSPS) is 24.5. The summed E-state index contributed by atoms with van der Waals surface area (Å²) in [7, 11) is 1.85. The molecule has 2 heterocycles. The number of nitrogens with zero attached hydrogens (tertiary/aromatic N) is 3. The van der Waals surface area contributed by atoms with E-state index in [9.17, 15) is 0 Å². The molecule has 0 amide bonds. The first-order valence-electron chi connectivity index (χ1n) is 10.8. The lowest BCUT2D eigenvalue weighted by Gasteiger charge is -2.35. The first-order valence-corrected chi connectivity index (χ1v) is 11.1. The van der Waals surface area contributed by atoms with Gasteiger partial charge in [0.05, 0.1) is 19.3 Å². The molecule has 6 nitrogen and oxygen atoms in total. The molecule has 0 aromatic heterocycles. The number of likely N-dealkylation sites (tertiary alicyclic amines) is 1. The summed E-state index contributed by atoms with van der Waals surface area (Å²) in [6.45, 7) is 13.3. The lowest BCUT2D eigenvalue weighted by atomic mass is 10.0. The van der Waals surface area contributed by atoms with Crippen LogP contribution >= 0.6 is 35.6 Å². The topological polar surface area (TPSA) is 52.1 Å². The minimum Gasteiger partial charge on any atom is -0.379 e. The molecule has 3 rings (SSSR count). The van der Waals surface area contributed by atoms with E-state index in [1.165, 1.54) is 5.56 Å². The Morgan fingerprint density at radius 3 is 2.40 bits per heavy atom. The number of morpholine rings is 1. The average Bonchev–Trinajstić information content (AvgIpc) is 3.10. The highest BCUT2D eigenvalue weighted by molar-refractivity contribution is 14.0. The van der Waals surface area contributed by atoms with E-state index in [1.807, 2.05) is 19.2 Å². The van der Waals surface area contributed by atoms with Gasteiger partial charge in [0.15, 0.2) is 5.96 Å². The van der Waals surface area contributed by atoms with Gasteiger partial charge in [-0.05, 0) is 37.5 Å². The van der Waals surface area contributed by atoms with Gasteiger partial charge in [0.1, 0.15) is 0 Å². The molecule has 1 aromatic rings. The lowest BCUT2D eigenvalue weighted by molar-refractivity contribution is 0.0170. The van der Waals surface area contributed by atoms with Crippen molar-refractivity contribution in [2.75, 3.05) is 53.0 Å². The van der Waals surface area contributed by atoms with Gasteiger partial charge in [-0.1, -0.05) is 30.7 Å². The average molecular weight is 550 g/mol. The Morgan fingerprint density at radius 2 is 1.83 bits per heavy atom. The Balaban J connectivity index is 0.00000320. The second-order valence-electron chi connectivity index (χ2n) is 8.44. The van der Waals surface area contributed by atoms with E-state index in [-0.39, 0.29) is 30.0 Å². The Labute approximate surface area is 203 Å². The number of hydrogen-bond acceptors (Lipinski definition) is 4. The molecular weight excluding hydrogens is 513 g/mol. The molecule has 0 spiro atoms. The molecule has 2 N–H and O–H groups in total. The third-order valence-electron chi connectivity index (χ3n) is 6.12. The van der Waals surface area contributed by atoms with Gasteiger partial charge in [-0.15, -0.1) is 24.0 Å². The van der Waals surface area contributed by atoms with Crippen LogP contribution in [0.15, 0.2) is 29.3 Å². The van der Waals surface area contributed by atoms with Gasteiger partial charge < -0.3 is 15.4 Å². The van der Waals surface area contributed by atoms with Crippen LogP contribution in [0.1, 0.15) is 32.4 Å². The number of ether oxygens (including phenoxy) is 1. The van der Waals surface area contributed by atoms with Crippen molar-refractivity contribution < 1.29 is 4.74 Å². The summed E-state index contributed by atoms with van der Waals surface area (Å²) in [5.74, 6) is 1.47. The maximum absolute atomic E-state index is 6.11. The summed E-state index contributed by atoms with van der Waals surface area (Å²) < 4.78 is 5.56. The van der Waals surface area contributed by atoms with E-state index in [4.69, 9.17) is 16.3 Å². The molecule has 170 valence electrons. The molecule has 2 fully saturated rings. The summed E-state index contributed by atoms with van der Waals surface area (Å²) in [5.41, 5.74) is 1.26. The summed E-state index contributed by atoms with van der Waals surface area (Å²) in [4.78, 5) is 9.50. The van der Waals surface area contributed by atoms with Gasteiger partial charge in [-0.3, -0.25) is 14.8 Å². The number of benzene rings is 1. The largest absolute Gasteiger partial charge is 0.379 e. The van der Waals surface area contributed by atoms with Crippen LogP contribution in [0.4, 0.5) is 0 Å². The van der Waals surface area contributed by atoms with Crippen LogP contribution < -0.4 is 10.6 Å². The van der Waals surface area contributed by atoms with E-state index in [1.54, 1.807) is 0 Å². The fourth-order valence-corrected chi connectivity index (χ4v) is 4.34. The fraction of sp³-hybridized carbons (Fsp3) is 0.682. The van der Waals surface area contributed by atoms with Crippen molar-refractivity contribution in [1.82, 2.24) is 20.4 Å². The van der Waals surface area contributed by atoms with Gasteiger partial charge in [0.2, 0.25) is 0 Å². The number of aliphatic imine (C=N–C) groups is 1. The summed E-state index contributed by atoms with van der Waals surface area (Å²) in [6, 6.07) is 9.44. The van der Waals surface area contributed by atoms with E-state index < -0.39 is 0 Å². The third kappa shape index (κ3) is 6.95. The molecule has 2 aliphatic rings. The van der Waals surface area contributed by atoms with Crippen LogP contribution in [-0.4, -0.2) is 80.8 Å². The minimum atomic E-state index is 0. The van der Waals surface area contributed by atoms with Gasteiger partial charge in [0, 0.05) is 56.9 Å². The predicted molar refractivity (Wildman–Crippen MR) is 136 cm³/mol. The number of hydrogen-bond donors (Lipinski definition) is 2. The third-order valence-corrected chi connectivity index (χ3v) is 6.37. The van der Waals surface area contributed by atoms with Crippen molar-refractivity contribution in [1.29, 1.82) is 0 Å². The molecule has 0 saturated carbocycles. The SMILES string of the molecule is CN=C(NCC(c1ccc(Cl)cc1)N1CCOCC1)NC1CN(C(C)C)CC1C.I. The molecule has 3 atom stereocenters. The Bertz CT molecular complexity index is 666. The molecule has 0 bridgehead atoms. The van der Waals surface area contributed by atoms with Gasteiger partial charge in [-0.2, -0.15) is 0 Å². The number of rotatable bonds is 6. The van der Waals surface area contributed by atoms with Crippen molar-refractivity contribution in [3.05, 3.63) is 34.9 Å². The Hall–Kier alpha value is -0.610. The van der Waals surface area contributed by atoms with Crippen LogP contribution in [0.3, 0.4) is 0 Å². The van der Waals surface area contributed by atoms with Crippen LogP contribution in [-0.2, 0) is 4.74 Å². The second-order valence-corrected chi connectivity index (χ2v) is 8.88. The van der Waals surface area contributed by atoms with Crippen LogP contribution in [0.2, 0.25) is 5.02 Å². The monoisotopic (exact) mass is 549 g/mol. The number of nitrogens with one attached hydrogen (secondary N) is 2. The van der Waals surface area contributed by atoms with Crippen molar-refractivity contribution >= 4 is 41.5 Å². The Morgan fingerprint density at radius 1 is 1.17 bits per heavy atom. The van der Waals surface area contributed by atoms with Gasteiger partial charge in [-0.25, -0.2) is 0 Å². The van der Waals surface area contributed by atoms with Gasteiger partial charge in [0.25, 0.3) is 0 Å². The maximum Gasteiger partial charge on any atom is 0.191 e. The van der Waals surface area contributed by atoms with E-state index in [2.05, 4.69) is 58.3 Å². The number of guanidine groups is 1. The quantitative estimate of drug-likeness (QED) is 0.324. The zero-order valence-electron chi connectivity index (χ0n) is 18.6. The summed E-state index contributed by atoms with van der Waals surface area (Å²) in [5, 5.41) is 8.00. The lowest BCUT2D eigenvalue weighted by Crippen LogP contribution is -2.50. The molecular formula is C22H37ClIN5O. The van der Waals surface area contributed by atoms with Crippen molar-refractivity contribution in [3.8, 4) is 0 Å². The zero-order chi connectivity index (χ0) is 20.8. The molecule has 0 aliphatic carbocycles. The van der Waals surface area contributed by atoms with Gasteiger partial charge >= 0.3 is 0 Å². The molecule has 1 aromatic carbocycles. The van der Waals surface area contributed by atoms with Crippen molar-refractivity contribution in [3.63, 3.8) is 0 Å². The van der Waals surface area contributed by atoms with Crippen molar-refractivity contribution in [2.45, 2.75) is 38.9 Å². The molecule has 2 aliphatic heterocycles. The molecule has 30 heavy (non-hydrogen) atoms. The highest BCUT2D eigenvalue weighted by Gasteiger charge is 2.31. The highest BCUT2D eigenvalue weighted by atomic mass is 127. The zero-order valence-corrected chi connectivity index (χ0v) is 21.7. The standard InChI is InChI=1S/C22H36ClN5O.HI/c1-16(2)28-14-17(3)20(15-28)26-22(24-4)25-13-21(27-9-11-29-12-10-27)18-5-7-19(23)8-6-18;/h5-8,16-17,20-21H,9-15H2,1-4H3,(H2,24,25,26);1H. The number of halogens is 2. The molecule has 2 saturated heterocycles. The van der Waals surface area contributed by atoms with Crippen molar-refractivity contribution in [2.24, 2.45) is 10.9 Å².